The van der Waals surface area contributed by atoms with Crippen molar-refractivity contribution in [2.45, 2.75) is 43.8 Å². The summed E-state index contributed by atoms with van der Waals surface area (Å²) in [6, 6.07) is 21.9. The van der Waals surface area contributed by atoms with E-state index in [4.69, 9.17) is 10.5 Å². The summed E-state index contributed by atoms with van der Waals surface area (Å²) in [5.74, 6) is -0.265. The Morgan fingerprint density at radius 2 is 1.79 bits per heavy atom. The fraction of sp³-hybridized carbons (Fsp3) is 0.312. The maximum absolute atomic E-state index is 13.8. The molecule has 6 rings (SSSR count). The molecule has 3 aromatic carbocycles. The number of benzene rings is 3. The van der Waals surface area contributed by atoms with Gasteiger partial charge in [0.05, 0.1) is 6.61 Å². The van der Waals surface area contributed by atoms with Gasteiger partial charge >= 0.3 is 0 Å². The Morgan fingerprint density at radius 1 is 1.03 bits per heavy atom. The molecule has 0 bridgehead atoms. The third kappa shape index (κ3) is 5.00. The molecule has 3 N–H and O–H groups in total. The zero-order valence-electron chi connectivity index (χ0n) is 21.8. The number of hydrogen-bond donors (Lipinski definition) is 2. The number of primary amides is 1. The minimum absolute atomic E-state index is 0.0740. The normalized spacial score (nSPS) is 19.8. The summed E-state index contributed by atoms with van der Waals surface area (Å²) >= 11 is 0. The zero-order chi connectivity index (χ0) is 27.0. The molecule has 1 amide bonds. The molecule has 1 aromatic heterocycles. The van der Waals surface area contributed by atoms with Gasteiger partial charge in [0.25, 0.3) is 0 Å². The van der Waals surface area contributed by atoms with Gasteiger partial charge in [0.15, 0.2) is 0 Å². The summed E-state index contributed by atoms with van der Waals surface area (Å²) in [7, 11) is 0. The third-order valence-electron chi connectivity index (χ3n) is 8.42. The Morgan fingerprint density at radius 3 is 2.56 bits per heavy atom. The lowest BCUT2D eigenvalue weighted by molar-refractivity contribution is -0.0149. The quantitative estimate of drug-likeness (QED) is 0.347. The molecule has 6 nitrogen and oxygen atoms in total. The standard InChI is InChI=1S/C32H32FN3O3/c33-27-8-6-26(7-9-27)32(28-10-4-24(31(34)38)18-25(28)20-39-32)14-1-15-36-16-12-21(13-17-36)23-3-2-22-5-11-30(37)35-29(22)19-23/h2-11,18-19,21H,1,12-17,20H2,(H2,34,38)(H,35,37)/t32-/m0/s1. The number of nitrogens with zero attached hydrogens (tertiary/aromatic N) is 1. The Balaban J connectivity index is 1.13. The number of carbonyl (C=O) groups is 1. The zero-order valence-corrected chi connectivity index (χ0v) is 21.8. The fourth-order valence-electron chi connectivity index (χ4n) is 6.31. The van der Waals surface area contributed by atoms with Crippen LogP contribution in [0.2, 0.25) is 0 Å². The molecule has 1 atom stereocenters. The van der Waals surface area contributed by atoms with E-state index in [1.807, 2.05) is 18.2 Å². The average molecular weight is 526 g/mol. The van der Waals surface area contributed by atoms with Crippen LogP contribution in [0.15, 0.2) is 77.6 Å². The average Bonchev–Trinajstić information content (AvgIpc) is 3.32. The van der Waals surface area contributed by atoms with Gasteiger partial charge < -0.3 is 20.4 Å². The topological polar surface area (TPSA) is 88.4 Å². The lowest BCUT2D eigenvalue weighted by Crippen LogP contribution is -2.35. The molecule has 1 saturated heterocycles. The lowest BCUT2D eigenvalue weighted by atomic mass is 9.81. The van der Waals surface area contributed by atoms with Crippen LogP contribution in [-0.2, 0) is 16.9 Å². The Kier molecular flexibility index (Phi) is 6.79. The van der Waals surface area contributed by atoms with Crippen molar-refractivity contribution in [2.24, 2.45) is 5.73 Å². The van der Waals surface area contributed by atoms with E-state index in [1.54, 1.807) is 24.3 Å². The first kappa shape index (κ1) is 25.5. The molecule has 2 aliphatic rings. The number of H-pyrrole nitrogens is 1. The van der Waals surface area contributed by atoms with Gasteiger partial charge in [0, 0.05) is 17.1 Å². The molecule has 39 heavy (non-hydrogen) atoms. The summed E-state index contributed by atoms with van der Waals surface area (Å²) in [6.07, 6.45) is 3.80. The molecule has 0 unspecified atom stereocenters. The van der Waals surface area contributed by atoms with Crippen LogP contribution < -0.4 is 11.3 Å². The van der Waals surface area contributed by atoms with Gasteiger partial charge in [-0.3, -0.25) is 9.59 Å². The highest BCUT2D eigenvalue weighted by Crippen LogP contribution is 2.45. The van der Waals surface area contributed by atoms with Crippen LogP contribution >= 0.6 is 0 Å². The number of amides is 1. The first-order chi connectivity index (χ1) is 18.9. The SMILES string of the molecule is NC(=O)c1ccc2c(c1)CO[C@@]2(CCCN1CCC(c2ccc3ccc(=O)[nH]c3c2)CC1)c1ccc(F)cc1. The maximum atomic E-state index is 13.8. The second-order valence-electron chi connectivity index (χ2n) is 10.7. The largest absolute Gasteiger partial charge is 0.366 e. The summed E-state index contributed by atoms with van der Waals surface area (Å²) < 4.78 is 20.2. The van der Waals surface area contributed by atoms with Crippen LogP contribution in [-0.4, -0.2) is 35.4 Å². The highest BCUT2D eigenvalue weighted by atomic mass is 19.1. The first-order valence-electron chi connectivity index (χ1n) is 13.6. The number of nitrogens with two attached hydrogens (primary N) is 1. The van der Waals surface area contributed by atoms with Crippen molar-refractivity contribution in [3.8, 4) is 0 Å². The van der Waals surface area contributed by atoms with Crippen molar-refractivity contribution >= 4 is 16.8 Å². The van der Waals surface area contributed by atoms with Crippen molar-refractivity contribution in [2.75, 3.05) is 19.6 Å². The fourth-order valence-corrected chi connectivity index (χ4v) is 6.31. The summed E-state index contributed by atoms with van der Waals surface area (Å²) in [5.41, 5.74) is 10.3. The molecular formula is C32H32FN3O3. The summed E-state index contributed by atoms with van der Waals surface area (Å²) in [6.45, 7) is 3.35. The van der Waals surface area contributed by atoms with Crippen LogP contribution in [0.1, 0.15) is 64.2 Å². The number of rotatable bonds is 7. The number of halogens is 1. The van der Waals surface area contributed by atoms with Crippen LogP contribution in [0.4, 0.5) is 4.39 Å². The number of piperidine rings is 1. The van der Waals surface area contributed by atoms with Gasteiger partial charge in [0.2, 0.25) is 11.5 Å². The van der Waals surface area contributed by atoms with E-state index in [1.165, 1.54) is 17.7 Å². The summed E-state index contributed by atoms with van der Waals surface area (Å²) in [4.78, 5) is 28.9. The number of aromatic amines is 1. The minimum atomic E-state index is -0.681. The Hall–Kier alpha value is -3.81. The van der Waals surface area contributed by atoms with Crippen LogP contribution in [0.25, 0.3) is 10.9 Å². The number of aromatic nitrogens is 1. The highest BCUT2D eigenvalue weighted by molar-refractivity contribution is 5.93. The van der Waals surface area contributed by atoms with Crippen LogP contribution in [0, 0.1) is 5.82 Å². The van der Waals surface area contributed by atoms with E-state index in [9.17, 15) is 14.0 Å². The first-order valence-corrected chi connectivity index (χ1v) is 13.6. The predicted octanol–water partition coefficient (Wildman–Crippen LogP) is 5.20. The maximum Gasteiger partial charge on any atom is 0.248 e. The molecular weight excluding hydrogens is 493 g/mol. The van der Waals surface area contributed by atoms with Crippen LogP contribution in [0.3, 0.4) is 0 Å². The number of ether oxygens (including phenoxy) is 1. The summed E-state index contributed by atoms with van der Waals surface area (Å²) in [5, 5.41) is 1.05. The van der Waals surface area contributed by atoms with Gasteiger partial charge in [-0.25, -0.2) is 4.39 Å². The molecule has 2 aliphatic heterocycles. The van der Waals surface area contributed by atoms with Gasteiger partial charge in [-0.05, 0) is 115 Å². The highest BCUT2D eigenvalue weighted by Gasteiger charge is 2.41. The predicted molar refractivity (Wildman–Crippen MR) is 149 cm³/mol. The van der Waals surface area contributed by atoms with Crippen molar-refractivity contribution in [1.29, 1.82) is 0 Å². The van der Waals surface area contributed by atoms with Gasteiger partial charge in [-0.15, -0.1) is 0 Å². The monoisotopic (exact) mass is 525 g/mol. The van der Waals surface area contributed by atoms with E-state index in [-0.39, 0.29) is 11.4 Å². The molecule has 0 aliphatic carbocycles. The second-order valence-corrected chi connectivity index (χ2v) is 10.7. The third-order valence-corrected chi connectivity index (χ3v) is 8.42. The molecule has 0 radical (unpaired) electrons. The molecule has 1 fully saturated rings. The van der Waals surface area contributed by atoms with E-state index in [2.05, 4.69) is 28.1 Å². The number of nitrogens with one attached hydrogen (secondary N) is 1. The van der Waals surface area contributed by atoms with E-state index in [0.29, 0.717) is 18.1 Å². The minimum Gasteiger partial charge on any atom is -0.366 e. The molecule has 0 saturated carbocycles. The number of hydrogen-bond acceptors (Lipinski definition) is 4. The van der Waals surface area contributed by atoms with Crippen molar-refractivity contribution in [3.05, 3.63) is 117 Å². The van der Waals surface area contributed by atoms with E-state index >= 15 is 0 Å². The molecule has 3 heterocycles. The van der Waals surface area contributed by atoms with E-state index in [0.717, 1.165) is 72.9 Å². The number of pyridine rings is 1. The molecule has 200 valence electrons. The van der Waals surface area contributed by atoms with E-state index < -0.39 is 11.5 Å². The number of likely N-dealkylation sites (tertiary alicyclic amines) is 1. The second kappa shape index (κ2) is 10.4. The van der Waals surface area contributed by atoms with Crippen molar-refractivity contribution < 1.29 is 13.9 Å². The Bertz CT molecular complexity index is 1570. The molecule has 0 spiro atoms. The van der Waals surface area contributed by atoms with Gasteiger partial charge in [-0.1, -0.05) is 30.3 Å². The van der Waals surface area contributed by atoms with Crippen LogP contribution in [0.5, 0.6) is 0 Å². The van der Waals surface area contributed by atoms with Gasteiger partial charge in [0.1, 0.15) is 11.4 Å². The van der Waals surface area contributed by atoms with Crippen molar-refractivity contribution in [1.82, 2.24) is 9.88 Å². The number of carbonyl (C=O) groups excluding carboxylic acids is 1. The lowest BCUT2D eigenvalue weighted by Gasteiger charge is -2.34. The van der Waals surface area contributed by atoms with Crippen molar-refractivity contribution in [3.63, 3.8) is 0 Å². The van der Waals surface area contributed by atoms with Gasteiger partial charge in [-0.2, -0.15) is 0 Å². The smallest absolute Gasteiger partial charge is 0.248 e. The number of fused-ring (bicyclic) bond motifs is 2. The Labute approximate surface area is 226 Å². The molecule has 7 heteroatoms. The molecule has 4 aromatic rings.